The minimum atomic E-state index is -2.82. The van der Waals surface area contributed by atoms with Gasteiger partial charge >= 0.3 is 5.97 Å². The number of hydrogen-bond acceptors (Lipinski definition) is 4. The Balaban J connectivity index is 1.72. The van der Waals surface area contributed by atoms with Gasteiger partial charge in [-0.2, -0.15) is 0 Å². The van der Waals surface area contributed by atoms with E-state index in [2.05, 4.69) is 5.32 Å². The second kappa shape index (κ2) is 4.94. The molecule has 2 N–H and O–H groups in total. The van der Waals surface area contributed by atoms with Crippen LogP contribution < -0.4 is 5.32 Å². The van der Waals surface area contributed by atoms with Gasteiger partial charge in [-0.05, 0) is 38.1 Å². The second-order valence-corrected chi connectivity index (χ2v) is 7.45. The minimum Gasteiger partial charge on any atom is -0.481 e. The molecule has 3 atom stereocenters. The number of carbonyl (C=O) groups is 1. The number of nitrogens with one attached hydrogen (secondary N) is 1. The van der Waals surface area contributed by atoms with Crippen molar-refractivity contribution in [2.24, 2.45) is 11.8 Å². The van der Waals surface area contributed by atoms with Crippen molar-refractivity contribution in [2.75, 3.05) is 18.1 Å². The molecule has 1 aliphatic heterocycles. The molecule has 0 radical (unpaired) electrons. The van der Waals surface area contributed by atoms with Gasteiger partial charge in [-0.1, -0.05) is 0 Å². The molecule has 6 heteroatoms. The highest BCUT2D eigenvalue weighted by Crippen LogP contribution is 2.30. The highest BCUT2D eigenvalue weighted by molar-refractivity contribution is 7.91. The van der Waals surface area contributed by atoms with Crippen LogP contribution in [0.15, 0.2) is 0 Å². The van der Waals surface area contributed by atoms with E-state index in [9.17, 15) is 13.2 Å². The van der Waals surface area contributed by atoms with Crippen molar-refractivity contribution in [3.8, 4) is 0 Å². The summed E-state index contributed by atoms with van der Waals surface area (Å²) in [4.78, 5) is 10.8. The van der Waals surface area contributed by atoms with E-state index < -0.39 is 15.8 Å². The first-order valence-electron chi connectivity index (χ1n) is 6.13. The third-order valence-electron chi connectivity index (χ3n) is 3.82. The van der Waals surface area contributed by atoms with Crippen LogP contribution in [-0.2, 0) is 14.6 Å². The topological polar surface area (TPSA) is 83.5 Å². The van der Waals surface area contributed by atoms with Crippen molar-refractivity contribution < 1.29 is 18.3 Å². The molecule has 5 nitrogen and oxygen atoms in total. The standard InChI is InChI=1S/C11H19NO4S/c13-11(14)9-2-1-8(5-9)6-12-10-3-4-17(15,16)7-10/h8-10,12H,1-7H2,(H,13,14). The van der Waals surface area contributed by atoms with E-state index in [4.69, 9.17) is 5.11 Å². The van der Waals surface area contributed by atoms with E-state index in [-0.39, 0.29) is 23.5 Å². The molecular formula is C11H19NO4S. The molecule has 0 amide bonds. The van der Waals surface area contributed by atoms with Gasteiger partial charge in [0.05, 0.1) is 17.4 Å². The van der Waals surface area contributed by atoms with Crippen LogP contribution in [0.5, 0.6) is 0 Å². The van der Waals surface area contributed by atoms with Crippen molar-refractivity contribution in [3.63, 3.8) is 0 Å². The van der Waals surface area contributed by atoms with E-state index in [1.54, 1.807) is 0 Å². The molecule has 17 heavy (non-hydrogen) atoms. The van der Waals surface area contributed by atoms with E-state index >= 15 is 0 Å². The SMILES string of the molecule is O=C(O)C1CCC(CNC2CCS(=O)(=O)C2)C1. The van der Waals surface area contributed by atoms with Gasteiger partial charge in [-0.25, -0.2) is 8.42 Å². The summed E-state index contributed by atoms with van der Waals surface area (Å²) in [6.45, 7) is 0.754. The Morgan fingerprint density at radius 1 is 1.29 bits per heavy atom. The van der Waals surface area contributed by atoms with E-state index in [1.807, 2.05) is 0 Å². The molecular weight excluding hydrogens is 242 g/mol. The fraction of sp³-hybridized carbons (Fsp3) is 0.909. The average molecular weight is 261 g/mol. The monoisotopic (exact) mass is 261 g/mol. The van der Waals surface area contributed by atoms with Gasteiger partial charge in [0.15, 0.2) is 9.84 Å². The van der Waals surface area contributed by atoms with Crippen molar-refractivity contribution >= 4 is 15.8 Å². The fourth-order valence-corrected chi connectivity index (χ4v) is 4.48. The lowest BCUT2D eigenvalue weighted by molar-refractivity contribution is -0.141. The third kappa shape index (κ3) is 3.42. The van der Waals surface area contributed by atoms with E-state index in [0.29, 0.717) is 12.3 Å². The zero-order valence-electron chi connectivity index (χ0n) is 9.76. The average Bonchev–Trinajstić information content (AvgIpc) is 2.81. The van der Waals surface area contributed by atoms with Crippen molar-refractivity contribution in [2.45, 2.75) is 31.7 Å². The molecule has 2 fully saturated rings. The second-order valence-electron chi connectivity index (χ2n) is 5.22. The van der Waals surface area contributed by atoms with Gasteiger partial charge in [0.1, 0.15) is 0 Å². The van der Waals surface area contributed by atoms with E-state index in [0.717, 1.165) is 25.8 Å². The van der Waals surface area contributed by atoms with Crippen LogP contribution in [0, 0.1) is 11.8 Å². The van der Waals surface area contributed by atoms with Crippen LogP contribution in [0.1, 0.15) is 25.7 Å². The number of hydrogen-bond donors (Lipinski definition) is 2. The Hall–Kier alpha value is -0.620. The van der Waals surface area contributed by atoms with Gasteiger partial charge in [0, 0.05) is 6.04 Å². The summed E-state index contributed by atoms with van der Waals surface area (Å²) in [5.41, 5.74) is 0. The number of aliphatic carboxylic acids is 1. The summed E-state index contributed by atoms with van der Waals surface area (Å²) in [5.74, 6) is 0.0132. The molecule has 1 heterocycles. The third-order valence-corrected chi connectivity index (χ3v) is 5.59. The van der Waals surface area contributed by atoms with Crippen LogP contribution in [0.2, 0.25) is 0 Å². The maximum absolute atomic E-state index is 11.3. The van der Waals surface area contributed by atoms with E-state index in [1.165, 1.54) is 0 Å². The highest BCUT2D eigenvalue weighted by Gasteiger charge is 2.32. The highest BCUT2D eigenvalue weighted by atomic mass is 32.2. The summed E-state index contributed by atoms with van der Waals surface area (Å²) >= 11 is 0. The molecule has 1 saturated heterocycles. The van der Waals surface area contributed by atoms with Crippen LogP contribution in [0.25, 0.3) is 0 Å². The van der Waals surface area contributed by atoms with Gasteiger partial charge in [-0.15, -0.1) is 0 Å². The largest absolute Gasteiger partial charge is 0.481 e. The molecule has 0 aromatic heterocycles. The quantitative estimate of drug-likeness (QED) is 0.758. The van der Waals surface area contributed by atoms with Crippen LogP contribution in [-0.4, -0.2) is 43.6 Å². The minimum absolute atomic E-state index is 0.0730. The molecule has 3 unspecified atom stereocenters. The predicted molar refractivity (Wildman–Crippen MR) is 63.5 cm³/mol. The molecule has 0 bridgehead atoms. The van der Waals surface area contributed by atoms with Gasteiger partial charge in [0.25, 0.3) is 0 Å². The predicted octanol–water partition coefficient (Wildman–Crippen LogP) is 0.264. The first-order valence-corrected chi connectivity index (χ1v) is 7.95. The first-order chi connectivity index (χ1) is 7.96. The lowest BCUT2D eigenvalue weighted by Crippen LogP contribution is -2.33. The number of carboxylic acids is 1. The summed E-state index contributed by atoms with van der Waals surface area (Å²) in [6.07, 6.45) is 3.10. The molecule has 0 aromatic carbocycles. The summed E-state index contributed by atoms with van der Waals surface area (Å²) in [7, 11) is -2.82. The first kappa shape index (κ1) is 12.8. The van der Waals surface area contributed by atoms with Crippen LogP contribution in [0.4, 0.5) is 0 Å². The molecule has 2 aliphatic rings. The number of carboxylic acid groups (broad SMARTS) is 1. The maximum atomic E-state index is 11.3. The molecule has 1 saturated carbocycles. The Morgan fingerprint density at radius 3 is 2.59 bits per heavy atom. The molecule has 1 aliphatic carbocycles. The Morgan fingerprint density at radius 2 is 2.06 bits per heavy atom. The van der Waals surface area contributed by atoms with Gasteiger partial charge in [-0.3, -0.25) is 4.79 Å². The zero-order chi connectivity index (χ0) is 12.5. The van der Waals surface area contributed by atoms with Gasteiger partial charge < -0.3 is 10.4 Å². The Labute approximate surface area is 102 Å². The normalized spacial score (nSPS) is 36.1. The maximum Gasteiger partial charge on any atom is 0.306 e. The van der Waals surface area contributed by atoms with Crippen molar-refractivity contribution in [3.05, 3.63) is 0 Å². The molecule has 0 aromatic rings. The Bertz CT molecular complexity index is 392. The summed E-state index contributed by atoms with van der Waals surface area (Å²) in [5, 5.41) is 12.1. The molecule has 2 rings (SSSR count). The summed E-state index contributed by atoms with van der Waals surface area (Å²) in [6, 6.07) is 0.0730. The summed E-state index contributed by atoms with van der Waals surface area (Å²) < 4.78 is 22.5. The number of rotatable bonds is 4. The van der Waals surface area contributed by atoms with Crippen LogP contribution >= 0.6 is 0 Å². The van der Waals surface area contributed by atoms with Gasteiger partial charge in [0.2, 0.25) is 0 Å². The number of sulfone groups is 1. The lowest BCUT2D eigenvalue weighted by Gasteiger charge is -2.15. The van der Waals surface area contributed by atoms with Crippen molar-refractivity contribution in [1.82, 2.24) is 5.32 Å². The fourth-order valence-electron chi connectivity index (χ4n) is 2.77. The molecule has 98 valence electrons. The molecule has 0 spiro atoms. The Kier molecular flexibility index (Phi) is 3.73. The zero-order valence-corrected chi connectivity index (χ0v) is 10.6. The van der Waals surface area contributed by atoms with Crippen molar-refractivity contribution in [1.29, 1.82) is 0 Å². The smallest absolute Gasteiger partial charge is 0.306 e. The lowest BCUT2D eigenvalue weighted by atomic mass is 10.0. The van der Waals surface area contributed by atoms with Crippen LogP contribution in [0.3, 0.4) is 0 Å².